The largest absolute Gasteiger partial charge is 0.307 e. The second-order valence-electron chi connectivity index (χ2n) is 7.56. The fraction of sp³-hybridized carbons (Fsp3) is 0.684. The van der Waals surface area contributed by atoms with Gasteiger partial charge in [0, 0.05) is 12.1 Å². The van der Waals surface area contributed by atoms with Crippen molar-refractivity contribution in [3.8, 4) is 0 Å². The van der Waals surface area contributed by atoms with Crippen LogP contribution in [-0.2, 0) is 12.8 Å². The molecule has 110 valence electrons. The molecule has 0 heterocycles. The van der Waals surface area contributed by atoms with Crippen molar-refractivity contribution in [2.45, 2.75) is 77.8 Å². The highest BCUT2D eigenvalue weighted by Gasteiger charge is 2.35. The fourth-order valence-electron chi connectivity index (χ4n) is 4.06. The summed E-state index contributed by atoms with van der Waals surface area (Å²) in [6.07, 6.45) is 9.38. The Kier molecular flexibility index (Phi) is 3.90. The second kappa shape index (κ2) is 5.52. The number of benzene rings is 1. The molecule has 1 N–H and O–H groups in total. The predicted octanol–water partition coefficient (Wildman–Crippen LogP) is 4.79. The SMILES string of the molecule is CC(NC1CCCC1(C)C)c1ccc2c(c1)CCCC2. The van der Waals surface area contributed by atoms with Gasteiger partial charge in [0.1, 0.15) is 0 Å². The quantitative estimate of drug-likeness (QED) is 0.833. The van der Waals surface area contributed by atoms with E-state index in [1.807, 2.05) is 0 Å². The normalized spacial score (nSPS) is 26.2. The first-order chi connectivity index (χ1) is 9.56. The van der Waals surface area contributed by atoms with E-state index in [-0.39, 0.29) is 0 Å². The predicted molar refractivity (Wildman–Crippen MR) is 86.1 cm³/mol. The molecule has 1 nitrogen and oxygen atoms in total. The van der Waals surface area contributed by atoms with Crippen molar-refractivity contribution in [3.63, 3.8) is 0 Å². The summed E-state index contributed by atoms with van der Waals surface area (Å²) < 4.78 is 0. The summed E-state index contributed by atoms with van der Waals surface area (Å²) in [7, 11) is 0. The van der Waals surface area contributed by atoms with Gasteiger partial charge in [-0.3, -0.25) is 0 Å². The van der Waals surface area contributed by atoms with E-state index in [9.17, 15) is 0 Å². The summed E-state index contributed by atoms with van der Waals surface area (Å²) in [4.78, 5) is 0. The van der Waals surface area contributed by atoms with Crippen LogP contribution in [0, 0.1) is 5.41 Å². The van der Waals surface area contributed by atoms with Gasteiger partial charge in [-0.2, -0.15) is 0 Å². The molecule has 0 amide bonds. The minimum absolute atomic E-state index is 0.461. The van der Waals surface area contributed by atoms with Crippen LogP contribution >= 0.6 is 0 Å². The van der Waals surface area contributed by atoms with Crippen LogP contribution in [0.3, 0.4) is 0 Å². The van der Waals surface area contributed by atoms with E-state index in [1.165, 1.54) is 50.5 Å². The van der Waals surface area contributed by atoms with Crippen LogP contribution in [0.2, 0.25) is 0 Å². The third-order valence-corrected chi connectivity index (χ3v) is 5.58. The molecule has 0 saturated heterocycles. The summed E-state index contributed by atoms with van der Waals surface area (Å²) in [5.41, 5.74) is 5.14. The molecule has 1 heteroatoms. The van der Waals surface area contributed by atoms with Gasteiger partial charge in [0.15, 0.2) is 0 Å². The molecule has 3 rings (SSSR count). The van der Waals surface area contributed by atoms with Gasteiger partial charge in [-0.05, 0) is 67.6 Å². The Morgan fingerprint density at radius 2 is 1.85 bits per heavy atom. The Labute approximate surface area is 124 Å². The molecule has 0 bridgehead atoms. The Balaban J connectivity index is 1.72. The molecule has 1 aromatic rings. The molecule has 2 unspecified atom stereocenters. The molecular weight excluding hydrogens is 242 g/mol. The Bertz CT molecular complexity index is 475. The van der Waals surface area contributed by atoms with Crippen molar-refractivity contribution < 1.29 is 0 Å². The van der Waals surface area contributed by atoms with Gasteiger partial charge in [-0.1, -0.05) is 38.5 Å². The number of nitrogens with one attached hydrogen (secondary N) is 1. The van der Waals surface area contributed by atoms with E-state index >= 15 is 0 Å². The van der Waals surface area contributed by atoms with Crippen LogP contribution in [0.25, 0.3) is 0 Å². The standard InChI is InChI=1S/C19H29N/c1-14(20-18-9-6-12-19(18,2)3)16-11-10-15-7-4-5-8-17(15)13-16/h10-11,13-14,18,20H,4-9,12H2,1-3H3. The molecule has 0 radical (unpaired) electrons. The monoisotopic (exact) mass is 271 g/mol. The molecule has 0 spiro atoms. The van der Waals surface area contributed by atoms with E-state index in [0.29, 0.717) is 17.5 Å². The minimum atomic E-state index is 0.461. The molecule has 0 aliphatic heterocycles. The molecule has 2 atom stereocenters. The highest BCUT2D eigenvalue weighted by molar-refractivity contribution is 5.35. The molecule has 1 saturated carbocycles. The van der Waals surface area contributed by atoms with E-state index in [1.54, 1.807) is 11.1 Å². The van der Waals surface area contributed by atoms with Gasteiger partial charge in [-0.15, -0.1) is 0 Å². The minimum Gasteiger partial charge on any atom is -0.307 e. The summed E-state index contributed by atoms with van der Waals surface area (Å²) >= 11 is 0. The van der Waals surface area contributed by atoms with Gasteiger partial charge >= 0.3 is 0 Å². The average molecular weight is 271 g/mol. The highest BCUT2D eigenvalue weighted by atomic mass is 15.0. The second-order valence-corrected chi connectivity index (χ2v) is 7.56. The lowest BCUT2D eigenvalue weighted by Crippen LogP contribution is -2.39. The van der Waals surface area contributed by atoms with Crippen molar-refractivity contribution in [3.05, 3.63) is 34.9 Å². The molecule has 1 aromatic carbocycles. The van der Waals surface area contributed by atoms with Gasteiger partial charge in [0.2, 0.25) is 0 Å². The van der Waals surface area contributed by atoms with Gasteiger partial charge in [-0.25, -0.2) is 0 Å². The van der Waals surface area contributed by atoms with Crippen LogP contribution in [0.4, 0.5) is 0 Å². The number of rotatable bonds is 3. The zero-order valence-corrected chi connectivity index (χ0v) is 13.3. The van der Waals surface area contributed by atoms with Crippen molar-refractivity contribution in [1.29, 1.82) is 0 Å². The molecule has 20 heavy (non-hydrogen) atoms. The van der Waals surface area contributed by atoms with Gasteiger partial charge in [0.05, 0.1) is 0 Å². The van der Waals surface area contributed by atoms with Crippen molar-refractivity contribution in [2.75, 3.05) is 0 Å². The van der Waals surface area contributed by atoms with Crippen LogP contribution in [-0.4, -0.2) is 6.04 Å². The number of fused-ring (bicyclic) bond motifs is 1. The summed E-state index contributed by atoms with van der Waals surface area (Å²) in [5, 5.41) is 3.89. The molecule has 2 aliphatic rings. The number of hydrogen-bond acceptors (Lipinski definition) is 1. The summed E-state index contributed by atoms with van der Waals surface area (Å²) in [6, 6.07) is 8.35. The lowest BCUT2D eigenvalue weighted by molar-refractivity contribution is 0.266. The number of hydrogen-bond donors (Lipinski definition) is 1. The van der Waals surface area contributed by atoms with Gasteiger partial charge in [0.25, 0.3) is 0 Å². The van der Waals surface area contributed by atoms with E-state index in [2.05, 4.69) is 44.3 Å². The molecule has 0 aromatic heterocycles. The maximum absolute atomic E-state index is 3.89. The van der Waals surface area contributed by atoms with Crippen LogP contribution in [0.5, 0.6) is 0 Å². The van der Waals surface area contributed by atoms with Gasteiger partial charge < -0.3 is 5.32 Å². The average Bonchev–Trinajstić information content (AvgIpc) is 2.77. The molecule has 2 aliphatic carbocycles. The highest BCUT2D eigenvalue weighted by Crippen LogP contribution is 2.38. The molecule has 1 fully saturated rings. The Hall–Kier alpha value is -0.820. The summed E-state index contributed by atoms with van der Waals surface area (Å²) in [6.45, 7) is 7.16. The Morgan fingerprint density at radius 3 is 2.55 bits per heavy atom. The van der Waals surface area contributed by atoms with Crippen molar-refractivity contribution in [2.24, 2.45) is 5.41 Å². The first kappa shape index (κ1) is 14.1. The lowest BCUT2D eigenvalue weighted by Gasteiger charge is -2.31. The maximum atomic E-state index is 3.89. The maximum Gasteiger partial charge on any atom is 0.0294 e. The first-order valence-electron chi connectivity index (χ1n) is 8.44. The van der Waals surface area contributed by atoms with E-state index < -0.39 is 0 Å². The Morgan fingerprint density at radius 1 is 1.10 bits per heavy atom. The zero-order valence-electron chi connectivity index (χ0n) is 13.3. The van der Waals surface area contributed by atoms with Crippen LogP contribution < -0.4 is 5.32 Å². The fourth-order valence-corrected chi connectivity index (χ4v) is 4.06. The smallest absolute Gasteiger partial charge is 0.0294 e. The third kappa shape index (κ3) is 2.79. The summed E-state index contributed by atoms with van der Waals surface area (Å²) in [5.74, 6) is 0. The zero-order chi connectivity index (χ0) is 14.2. The van der Waals surface area contributed by atoms with Crippen LogP contribution in [0.1, 0.15) is 75.6 Å². The van der Waals surface area contributed by atoms with Crippen LogP contribution in [0.15, 0.2) is 18.2 Å². The van der Waals surface area contributed by atoms with Crippen molar-refractivity contribution >= 4 is 0 Å². The lowest BCUT2D eigenvalue weighted by atomic mass is 9.86. The molecular formula is C19H29N. The first-order valence-corrected chi connectivity index (χ1v) is 8.44. The van der Waals surface area contributed by atoms with E-state index in [0.717, 1.165) is 0 Å². The third-order valence-electron chi connectivity index (χ3n) is 5.58. The number of aryl methyl sites for hydroxylation is 2. The van der Waals surface area contributed by atoms with Crippen molar-refractivity contribution in [1.82, 2.24) is 5.32 Å². The van der Waals surface area contributed by atoms with E-state index in [4.69, 9.17) is 0 Å². The topological polar surface area (TPSA) is 12.0 Å².